The van der Waals surface area contributed by atoms with E-state index in [0.717, 1.165) is 22.3 Å². The van der Waals surface area contributed by atoms with E-state index in [4.69, 9.17) is 4.74 Å². The lowest BCUT2D eigenvalue weighted by molar-refractivity contribution is -0.307. The summed E-state index contributed by atoms with van der Waals surface area (Å²) in [5, 5.41) is 10.2. The molecule has 3 amide bonds. The van der Waals surface area contributed by atoms with Gasteiger partial charge in [-0.15, -0.1) is 0 Å². The fraction of sp³-hybridized carbons (Fsp3) is 0.250. The number of benzene rings is 2. The standard InChI is InChI=1S/C24H21Br2N3O6S/c25-17-10-15(11-18(26)22(17)35-14-21(31)32)12-19-23(33)29(24(34)36-19)13-20(30)28-8-6-27(7-9-28)16-4-2-1-3-5-16/h1-5,10-12H,6-9,13-14H2,(H,31,32)/p-1/b19-12+. The number of carboxylic acids is 1. The van der Waals surface area contributed by atoms with E-state index in [-0.39, 0.29) is 23.1 Å². The predicted molar refractivity (Wildman–Crippen MR) is 140 cm³/mol. The van der Waals surface area contributed by atoms with Gasteiger partial charge in [-0.3, -0.25) is 19.3 Å². The van der Waals surface area contributed by atoms with Gasteiger partial charge in [0.15, 0.2) is 0 Å². The number of hydrogen-bond donors (Lipinski definition) is 0. The van der Waals surface area contributed by atoms with Crippen LogP contribution in [0.15, 0.2) is 56.3 Å². The summed E-state index contributed by atoms with van der Waals surface area (Å²) in [7, 11) is 0. The number of nitrogens with zero attached hydrogens (tertiary/aromatic N) is 3. The Kier molecular flexibility index (Phi) is 8.37. The van der Waals surface area contributed by atoms with Crippen molar-refractivity contribution < 1.29 is 29.0 Å². The van der Waals surface area contributed by atoms with Gasteiger partial charge in [-0.2, -0.15) is 0 Å². The molecule has 4 rings (SSSR count). The molecule has 36 heavy (non-hydrogen) atoms. The van der Waals surface area contributed by atoms with Gasteiger partial charge in [0.2, 0.25) is 5.91 Å². The van der Waals surface area contributed by atoms with E-state index in [0.29, 0.717) is 40.7 Å². The molecular weight excluding hydrogens is 618 g/mol. The lowest BCUT2D eigenvalue weighted by Gasteiger charge is -2.36. The van der Waals surface area contributed by atoms with Gasteiger partial charge in [-0.1, -0.05) is 18.2 Å². The summed E-state index contributed by atoms with van der Waals surface area (Å²) in [4.78, 5) is 54.0. The van der Waals surface area contributed by atoms with Crippen LogP contribution in [0.4, 0.5) is 10.5 Å². The van der Waals surface area contributed by atoms with Crippen molar-refractivity contribution in [2.75, 3.05) is 44.2 Å². The zero-order valence-electron chi connectivity index (χ0n) is 18.8. The smallest absolute Gasteiger partial charge is 0.294 e. The van der Waals surface area contributed by atoms with Crippen LogP contribution in [0.5, 0.6) is 5.75 Å². The average molecular weight is 638 g/mol. The van der Waals surface area contributed by atoms with Crippen molar-refractivity contribution in [3.8, 4) is 5.75 Å². The first-order valence-electron chi connectivity index (χ1n) is 10.9. The number of ether oxygens (including phenoxy) is 1. The molecule has 0 aromatic heterocycles. The molecule has 9 nitrogen and oxygen atoms in total. The summed E-state index contributed by atoms with van der Waals surface area (Å²) in [6.07, 6.45) is 1.53. The maximum absolute atomic E-state index is 12.9. The maximum atomic E-state index is 12.9. The van der Waals surface area contributed by atoms with Crippen molar-refractivity contribution in [3.05, 3.63) is 61.9 Å². The van der Waals surface area contributed by atoms with E-state index in [9.17, 15) is 24.3 Å². The van der Waals surface area contributed by atoms with Crippen molar-refractivity contribution in [2.24, 2.45) is 0 Å². The van der Waals surface area contributed by atoms with E-state index in [1.165, 1.54) is 6.08 Å². The van der Waals surface area contributed by atoms with Gasteiger partial charge in [0.1, 0.15) is 18.9 Å². The molecule has 0 atom stereocenters. The van der Waals surface area contributed by atoms with Crippen LogP contribution in [0.3, 0.4) is 0 Å². The number of halogens is 2. The highest BCUT2D eigenvalue weighted by Crippen LogP contribution is 2.37. The predicted octanol–water partition coefficient (Wildman–Crippen LogP) is 2.73. The zero-order chi connectivity index (χ0) is 25.8. The Morgan fingerprint density at radius 2 is 1.67 bits per heavy atom. The van der Waals surface area contributed by atoms with Crippen molar-refractivity contribution in [1.82, 2.24) is 9.80 Å². The van der Waals surface area contributed by atoms with Gasteiger partial charge in [0.25, 0.3) is 11.1 Å². The zero-order valence-corrected chi connectivity index (χ0v) is 22.8. The number of amides is 3. The van der Waals surface area contributed by atoms with Crippen LogP contribution in [-0.2, 0) is 14.4 Å². The molecular formula is C24H20Br2N3O6S-. The van der Waals surface area contributed by atoms with Crippen molar-refractivity contribution >= 4 is 78.4 Å². The summed E-state index contributed by atoms with van der Waals surface area (Å²) in [5.41, 5.74) is 1.67. The van der Waals surface area contributed by atoms with Gasteiger partial charge in [-0.05, 0) is 79.5 Å². The van der Waals surface area contributed by atoms with Crippen LogP contribution >= 0.6 is 43.6 Å². The summed E-state index contributed by atoms with van der Waals surface area (Å²) in [6, 6.07) is 13.2. The normalized spacial score (nSPS) is 17.2. The minimum Gasteiger partial charge on any atom is -0.546 e. The molecule has 0 bridgehead atoms. The maximum Gasteiger partial charge on any atom is 0.294 e. The lowest BCUT2D eigenvalue weighted by atomic mass is 10.2. The largest absolute Gasteiger partial charge is 0.546 e. The molecule has 0 unspecified atom stereocenters. The number of hydrogen-bond acceptors (Lipinski definition) is 8. The second-order valence-electron chi connectivity index (χ2n) is 7.95. The third kappa shape index (κ3) is 6.11. The van der Waals surface area contributed by atoms with Crippen LogP contribution in [-0.4, -0.2) is 72.2 Å². The third-order valence-electron chi connectivity index (χ3n) is 5.57. The van der Waals surface area contributed by atoms with Crippen LogP contribution in [0.1, 0.15) is 5.56 Å². The molecule has 0 saturated carbocycles. The first-order valence-corrected chi connectivity index (χ1v) is 13.3. The number of imide groups is 1. The fourth-order valence-corrected chi connectivity index (χ4v) is 6.10. The number of anilines is 1. The third-order valence-corrected chi connectivity index (χ3v) is 7.66. The number of rotatable bonds is 7. The van der Waals surface area contributed by atoms with Crippen molar-refractivity contribution in [2.45, 2.75) is 0 Å². The number of thioether (sulfide) groups is 1. The number of piperazine rings is 1. The SMILES string of the molecule is O=C([O-])COc1c(Br)cc(/C=C2/SC(=O)N(CC(=O)N3CCN(c4ccccc4)CC3)C2=O)cc1Br. The molecule has 188 valence electrons. The summed E-state index contributed by atoms with van der Waals surface area (Å²) >= 11 is 7.39. The molecule has 2 aromatic rings. The summed E-state index contributed by atoms with van der Waals surface area (Å²) in [6.45, 7) is 1.43. The van der Waals surface area contributed by atoms with Crippen LogP contribution in [0, 0.1) is 0 Å². The Bertz CT molecular complexity index is 1210. The van der Waals surface area contributed by atoms with E-state index < -0.39 is 23.7 Å². The monoisotopic (exact) mass is 636 g/mol. The molecule has 2 aliphatic heterocycles. The highest BCUT2D eigenvalue weighted by Gasteiger charge is 2.37. The fourth-order valence-electron chi connectivity index (χ4n) is 3.81. The Morgan fingerprint density at radius 1 is 1.03 bits per heavy atom. The highest BCUT2D eigenvalue weighted by atomic mass is 79.9. The molecule has 2 saturated heterocycles. The molecule has 0 aliphatic carbocycles. The number of carbonyl (C=O) groups is 4. The van der Waals surface area contributed by atoms with Gasteiger partial charge in [0.05, 0.1) is 19.8 Å². The lowest BCUT2D eigenvalue weighted by Crippen LogP contribution is -2.51. The minimum absolute atomic E-state index is 0.184. The Balaban J connectivity index is 1.38. The first-order chi connectivity index (χ1) is 17.2. The van der Waals surface area contributed by atoms with Crippen molar-refractivity contribution in [3.63, 3.8) is 0 Å². The minimum atomic E-state index is -1.36. The van der Waals surface area contributed by atoms with E-state index in [1.54, 1.807) is 17.0 Å². The highest BCUT2D eigenvalue weighted by molar-refractivity contribution is 9.11. The molecule has 0 spiro atoms. The Morgan fingerprint density at radius 3 is 2.28 bits per heavy atom. The topological polar surface area (TPSA) is 110 Å². The summed E-state index contributed by atoms with van der Waals surface area (Å²) in [5.74, 6) is -1.90. The van der Waals surface area contributed by atoms with Crippen LogP contribution < -0.4 is 14.7 Å². The second-order valence-corrected chi connectivity index (χ2v) is 10.6. The van der Waals surface area contributed by atoms with E-state index in [1.807, 2.05) is 30.3 Å². The molecule has 0 N–H and O–H groups in total. The average Bonchev–Trinajstić information content (AvgIpc) is 3.11. The van der Waals surface area contributed by atoms with Gasteiger partial charge >= 0.3 is 0 Å². The Labute approximate surface area is 228 Å². The first kappa shape index (κ1) is 26.2. The molecule has 2 heterocycles. The molecule has 0 radical (unpaired) electrons. The van der Waals surface area contributed by atoms with E-state index >= 15 is 0 Å². The van der Waals surface area contributed by atoms with Gasteiger partial charge in [0, 0.05) is 31.9 Å². The van der Waals surface area contributed by atoms with Gasteiger partial charge < -0.3 is 24.4 Å². The number of aliphatic carboxylic acids is 1. The van der Waals surface area contributed by atoms with Crippen LogP contribution in [0.25, 0.3) is 6.08 Å². The second kappa shape index (κ2) is 11.5. The number of carbonyl (C=O) groups excluding carboxylic acids is 4. The molecule has 2 aromatic carbocycles. The molecule has 2 fully saturated rings. The number of para-hydroxylation sites is 1. The summed E-state index contributed by atoms with van der Waals surface area (Å²) < 4.78 is 6.09. The van der Waals surface area contributed by atoms with E-state index in [2.05, 4.69) is 36.8 Å². The number of carboxylic acid groups (broad SMARTS) is 1. The van der Waals surface area contributed by atoms with Gasteiger partial charge in [-0.25, -0.2) is 0 Å². The molecule has 2 aliphatic rings. The van der Waals surface area contributed by atoms with Crippen molar-refractivity contribution in [1.29, 1.82) is 0 Å². The Hall–Kier alpha value is -2.83. The van der Waals surface area contributed by atoms with Crippen LogP contribution in [0.2, 0.25) is 0 Å². The molecule has 12 heteroatoms. The quantitative estimate of drug-likeness (QED) is 0.427.